The zero-order chi connectivity index (χ0) is 21.8. The minimum Gasteiger partial charge on any atom is -0.369 e. The minimum atomic E-state index is -0.614. The molecule has 0 aliphatic rings. The van der Waals surface area contributed by atoms with E-state index in [2.05, 4.69) is 10.3 Å². The summed E-state index contributed by atoms with van der Waals surface area (Å²) in [5, 5.41) is 3.28. The van der Waals surface area contributed by atoms with Crippen LogP contribution in [0.15, 0.2) is 35.4 Å². The highest BCUT2D eigenvalue weighted by atomic mass is 32.1. The van der Waals surface area contributed by atoms with Gasteiger partial charge in [0, 0.05) is 24.4 Å². The normalized spacial score (nSPS) is 12.1. The van der Waals surface area contributed by atoms with Crippen LogP contribution in [0.25, 0.3) is 10.2 Å². The summed E-state index contributed by atoms with van der Waals surface area (Å²) in [5.74, 6) is -1.82. The van der Waals surface area contributed by atoms with E-state index in [1.807, 2.05) is 13.8 Å². The summed E-state index contributed by atoms with van der Waals surface area (Å²) in [6.07, 6.45) is 1.82. The predicted molar refractivity (Wildman–Crippen MR) is 114 cm³/mol. The van der Waals surface area contributed by atoms with Crippen molar-refractivity contribution in [2.24, 2.45) is 11.7 Å². The second-order valence-corrected chi connectivity index (χ2v) is 8.39. The summed E-state index contributed by atoms with van der Waals surface area (Å²) in [5.41, 5.74) is 6.94. The Morgan fingerprint density at radius 3 is 2.63 bits per heavy atom. The maximum absolute atomic E-state index is 13.0. The Morgan fingerprint density at radius 2 is 1.97 bits per heavy atom. The van der Waals surface area contributed by atoms with E-state index < -0.39 is 11.8 Å². The van der Waals surface area contributed by atoms with Crippen molar-refractivity contribution in [3.8, 4) is 0 Å². The van der Waals surface area contributed by atoms with Gasteiger partial charge in [0.1, 0.15) is 10.6 Å². The highest BCUT2D eigenvalue weighted by Gasteiger charge is 2.18. The van der Waals surface area contributed by atoms with Crippen LogP contribution in [-0.4, -0.2) is 27.9 Å². The van der Waals surface area contributed by atoms with Crippen molar-refractivity contribution in [2.75, 3.05) is 6.54 Å². The van der Waals surface area contributed by atoms with Gasteiger partial charge in [-0.25, -0.2) is 9.37 Å². The molecule has 158 valence electrons. The number of aromatic nitrogens is 2. The highest BCUT2D eigenvalue weighted by Crippen LogP contribution is 2.25. The van der Waals surface area contributed by atoms with Crippen LogP contribution in [0, 0.1) is 25.6 Å². The molecule has 30 heavy (non-hydrogen) atoms. The quantitative estimate of drug-likeness (QED) is 0.570. The van der Waals surface area contributed by atoms with E-state index in [0.29, 0.717) is 16.6 Å². The maximum atomic E-state index is 13.0. The van der Waals surface area contributed by atoms with Crippen LogP contribution in [0.4, 0.5) is 4.39 Å². The molecule has 3 aromatic rings. The third kappa shape index (κ3) is 4.91. The number of aryl methyl sites for hydroxylation is 3. The molecule has 0 aliphatic heterocycles. The van der Waals surface area contributed by atoms with Crippen molar-refractivity contribution < 1.29 is 14.0 Å². The average Bonchev–Trinajstić information content (AvgIpc) is 3.00. The van der Waals surface area contributed by atoms with Crippen molar-refractivity contribution in [1.29, 1.82) is 0 Å². The molecule has 1 unspecified atom stereocenters. The first-order valence-corrected chi connectivity index (χ1v) is 10.3. The first kappa shape index (κ1) is 21.6. The van der Waals surface area contributed by atoms with Gasteiger partial charge in [0.15, 0.2) is 0 Å². The molecule has 0 aliphatic carbocycles. The third-order valence-corrected chi connectivity index (χ3v) is 6.19. The largest absolute Gasteiger partial charge is 0.369 e. The fraction of sp³-hybridized carbons (Fsp3) is 0.333. The number of amides is 2. The molecule has 0 saturated heterocycles. The van der Waals surface area contributed by atoms with Gasteiger partial charge >= 0.3 is 0 Å². The topological polar surface area (TPSA) is 107 Å². The smallest absolute Gasteiger partial charge is 0.262 e. The van der Waals surface area contributed by atoms with E-state index in [4.69, 9.17) is 5.73 Å². The number of rotatable bonds is 8. The van der Waals surface area contributed by atoms with Gasteiger partial charge in [-0.3, -0.25) is 19.0 Å². The lowest BCUT2D eigenvalue weighted by Gasteiger charge is -2.15. The minimum absolute atomic E-state index is 0.0668. The molecule has 0 saturated carbocycles. The van der Waals surface area contributed by atoms with Crippen molar-refractivity contribution >= 4 is 33.4 Å². The monoisotopic (exact) mass is 430 g/mol. The molecule has 7 nitrogen and oxygen atoms in total. The first-order chi connectivity index (χ1) is 14.3. The lowest BCUT2D eigenvalue weighted by atomic mass is 9.98. The van der Waals surface area contributed by atoms with Gasteiger partial charge in [0.2, 0.25) is 11.8 Å². The Hall–Kier alpha value is -3.07. The maximum Gasteiger partial charge on any atom is 0.262 e. The Morgan fingerprint density at radius 1 is 1.27 bits per heavy atom. The number of fused-ring (bicyclic) bond motifs is 1. The average molecular weight is 431 g/mol. The number of hydrogen-bond acceptors (Lipinski definition) is 5. The number of hydrogen-bond donors (Lipinski definition) is 2. The number of thiophene rings is 1. The van der Waals surface area contributed by atoms with Gasteiger partial charge in [0.25, 0.3) is 5.56 Å². The number of primary amides is 1. The molecule has 1 atom stereocenters. The molecule has 2 amide bonds. The summed E-state index contributed by atoms with van der Waals surface area (Å²) in [4.78, 5) is 42.7. The number of nitrogens with one attached hydrogen (secondary N) is 1. The molecule has 2 heterocycles. The summed E-state index contributed by atoms with van der Waals surface area (Å²) in [7, 11) is 0. The number of carbonyl (C=O) groups is 2. The van der Waals surface area contributed by atoms with Gasteiger partial charge in [-0.05, 0) is 43.5 Å². The molecule has 1 aromatic carbocycles. The van der Waals surface area contributed by atoms with E-state index >= 15 is 0 Å². The summed E-state index contributed by atoms with van der Waals surface area (Å²) in [6, 6.07) is 5.78. The number of nitrogens with zero attached hydrogens (tertiary/aromatic N) is 2. The predicted octanol–water partition coefficient (Wildman–Crippen LogP) is 2.06. The summed E-state index contributed by atoms with van der Waals surface area (Å²) in [6.45, 7) is 4.08. The molecular formula is C21H23FN4O3S. The van der Waals surface area contributed by atoms with Crippen LogP contribution in [0.2, 0.25) is 0 Å². The van der Waals surface area contributed by atoms with Crippen LogP contribution in [0.5, 0.6) is 0 Å². The van der Waals surface area contributed by atoms with Gasteiger partial charge in [-0.2, -0.15) is 0 Å². The second-order valence-electron chi connectivity index (χ2n) is 7.19. The van der Waals surface area contributed by atoms with E-state index in [0.717, 1.165) is 16.0 Å². The Kier molecular flexibility index (Phi) is 6.61. The van der Waals surface area contributed by atoms with Crippen molar-refractivity contribution in [1.82, 2.24) is 14.9 Å². The molecular weight excluding hydrogens is 407 g/mol. The van der Waals surface area contributed by atoms with E-state index in [-0.39, 0.29) is 36.8 Å². The fourth-order valence-corrected chi connectivity index (χ4v) is 4.14. The third-order valence-electron chi connectivity index (χ3n) is 5.08. The van der Waals surface area contributed by atoms with Crippen molar-refractivity contribution in [3.05, 3.63) is 62.8 Å². The molecule has 9 heteroatoms. The highest BCUT2D eigenvalue weighted by molar-refractivity contribution is 7.18. The van der Waals surface area contributed by atoms with E-state index in [9.17, 15) is 18.8 Å². The van der Waals surface area contributed by atoms with Crippen molar-refractivity contribution in [2.45, 2.75) is 33.2 Å². The zero-order valence-electron chi connectivity index (χ0n) is 16.8. The second kappa shape index (κ2) is 9.17. The SMILES string of the molecule is Cc1sc2ncn(CCC(=O)NCC(Cc3ccc(F)cc3)C(N)=O)c(=O)c2c1C. The molecule has 2 aromatic heterocycles. The summed E-state index contributed by atoms with van der Waals surface area (Å²) >= 11 is 1.47. The van der Waals surface area contributed by atoms with E-state index in [1.165, 1.54) is 34.4 Å². The Bertz CT molecular complexity index is 1140. The van der Waals surface area contributed by atoms with Gasteiger partial charge in [-0.15, -0.1) is 11.3 Å². The first-order valence-electron chi connectivity index (χ1n) is 9.52. The zero-order valence-corrected chi connectivity index (χ0v) is 17.6. The van der Waals surface area contributed by atoms with Gasteiger partial charge < -0.3 is 11.1 Å². The molecule has 3 rings (SSSR count). The molecule has 3 N–H and O–H groups in total. The van der Waals surface area contributed by atoms with Gasteiger partial charge in [-0.1, -0.05) is 12.1 Å². The summed E-state index contributed by atoms with van der Waals surface area (Å²) < 4.78 is 14.4. The Labute approximate surface area is 176 Å². The van der Waals surface area contributed by atoms with Crippen LogP contribution in [0.3, 0.4) is 0 Å². The number of nitrogens with two attached hydrogens (primary N) is 1. The van der Waals surface area contributed by atoms with Crippen LogP contribution in [-0.2, 0) is 22.6 Å². The van der Waals surface area contributed by atoms with Crippen molar-refractivity contribution in [3.63, 3.8) is 0 Å². The molecule has 0 bridgehead atoms. The van der Waals surface area contributed by atoms with Crippen LogP contribution >= 0.6 is 11.3 Å². The molecule has 0 fully saturated rings. The molecule has 0 spiro atoms. The Balaban J connectivity index is 1.58. The van der Waals surface area contributed by atoms with Crippen LogP contribution < -0.4 is 16.6 Å². The fourth-order valence-electron chi connectivity index (χ4n) is 3.16. The lowest BCUT2D eigenvalue weighted by Crippen LogP contribution is -2.37. The van der Waals surface area contributed by atoms with Crippen LogP contribution in [0.1, 0.15) is 22.4 Å². The number of carbonyl (C=O) groups excluding carboxylic acids is 2. The molecule has 0 radical (unpaired) electrons. The number of halogens is 1. The number of benzene rings is 1. The standard InChI is InChI=1S/C21H23FN4O3S/c1-12-13(2)30-20-18(12)21(29)26(11-25-20)8-7-17(27)24-10-15(19(23)28)9-14-3-5-16(22)6-4-14/h3-6,11,15H,7-10H2,1-2H3,(H2,23,28)(H,24,27). The van der Waals surface area contributed by atoms with Gasteiger partial charge in [0.05, 0.1) is 17.6 Å². The lowest BCUT2D eigenvalue weighted by molar-refractivity contribution is -0.123. The van der Waals surface area contributed by atoms with E-state index in [1.54, 1.807) is 12.1 Å².